The zero-order valence-electron chi connectivity index (χ0n) is 15.2. The lowest BCUT2D eigenvalue weighted by Crippen LogP contribution is -2.32. The van der Waals surface area contributed by atoms with Crippen LogP contribution in [0.15, 0.2) is 12.3 Å². The Labute approximate surface area is 155 Å². The minimum atomic E-state index is -0.173. The van der Waals surface area contributed by atoms with E-state index < -0.39 is 0 Å². The van der Waals surface area contributed by atoms with Crippen LogP contribution in [0.3, 0.4) is 0 Å². The number of aromatic nitrogens is 2. The van der Waals surface area contributed by atoms with Crippen LogP contribution < -0.4 is 10.6 Å². The second-order valence-electron chi connectivity index (χ2n) is 6.11. The van der Waals surface area contributed by atoms with Gasteiger partial charge in [-0.25, -0.2) is 0 Å². The van der Waals surface area contributed by atoms with Crippen LogP contribution in [0.2, 0.25) is 0 Å². The van der Waals surface area contributed by atoms with Crippen molar-refractivity contribution in [1.29, 1.82) is 0 Å². The summed E-state index contributed by atoms with van der Waals surface area (Å²) in [5.74, 6) is -0.0314. The van der Waals surface area contributed by atoms with Crippen molar-refractivity contribution < 1.29 is 9.59 Å². The van der Waals surface area contributed by atoms with Gasteiger partial charge in [-0.3, -0.25) is 14.3 Å². The normalized spacial score (nSPS) is 16.8. The highest BCUT2D eigenvalue weighted by molar-refractivity contribution is 5.92. The monoisotopic (exact) mass is 371 g/mol. The molecule has 0 saturated carbocycles. The van der Waals surface area contributed by atoms with Gasteiger partial charge in [0.1, 0.15) is 5.69 Å². The molecule has 142 valence electrons. The molecule has 7 nitrogen and oxygen atoms in total. The molecule has 1 aliphatic heterocycles. The molecule has 1 aromatic heterocycles. The van der Waals surface area contributed by atoms with Crippen LogP contribution in [0.4, 0.5) is 0 Å². The first kappa shape index (κ1) is 21.4. The number of piperidine rings is 1. The Bertz CT molecular complexity index is 539. The Kier molecular flexibility index (Phi) is 9.52. The lowest BCUT2D eigenvalue weighted by atomic mass is 10.1. The molecule has 0 aliphatic carbocycles. The van der Waals surface area contributed by atoms with Gasteiger partial charge in [-0.15, -0.1) is 12.4 Å². The molecule has 1 fully saturated rings. The molecule has 1 aromatic rings. The third-order valence-electron chi connectivity index (χ3n) is 4.46. The van der Waals surface area contributed by atoms with Gasteiger partial charge in [-0.2, -0.15) is 5.10 Å². The van der Waals surface area contributed by atoms with Crippen LogP contribution in [0, 0.1) is 0 Å². The number of nitrogens with one attached hydrogen (secondary N) is 2. The molecule has 0 aromatic carbocycles. The lowest BCUT2D eigenvalue weighted by molar-refractivity contribution is -0.130. The van der Waals surface area contributed by atoms with E-state index in [1.807, 2.05) is 29.6 Å². The third kappa shape index (κ3) is 6.32. The van der Waals surface area contributed by atoms with Crippen LogP contribution >= 0.6 is 12.4 Å². The number of hydrogen-bond donors (Lipinski definition) is 2. The maximum atomic E-state index is 12.1. The fourth-order valence-electron chi connectivity index (χ4n) is 2.99. The number of amides is 2. The van der Waals surface area contributed by atoms with Crippen molar-refractivity contribution >= 4 is 24.2 Å². The average molecular weight is 372 g/mol. The van der Waals surface area contributed by atoms with E-state index in [2.05, 4.69) is 15.7 Å². The number of rotatable bonds is 8. The standard InChI is InChI=1S/C17H29N5O2.ClH/c1-3-21(4-2)16(23)8-6-11-19-17(24)15-9-12-22(20-15)14-7-5-10-18-13-14;/h9,12,14,18H,3-8,10-11,13H2,1-2H3,(H,19,24);1H. The molecular weight excluding hydrogens is 342 g/mol. The van der Waals surface area contributed by atoms with Crippen LogP contribution in [0.1, 0.15) is 56.1 Å². The first-order valence-corrected chi connectivity index (χ1v) is 8.97. The lowest BCUT2D eigenvalue weighted by Gasteiger charge is -2.22. The van der Waals surface area contributed by atoms with E-state index in [0.29, 0.717) is 31.1 Å². The predicted molar refractivity (Wildman–Crippen MR) is 100 cm³/mol. The highest BCUT2D eigenvalue weighted by Crippen LogP contribution is 2.15. The van der Waals surface area contributed by atoms with Crippen LogP contribution in [-0.2, 0) is 4.79 Å². The minimum Gasteiger partial charge on any atom is -0.351 e. The smallest absolute Gasteiger partial charge is 0.271 e. The van der Waals surface area contributed by atoms with E-state index >= 15 is 0 Å². The SMILES string of the molecule is CCN(CC)C(=O)CCCNC(=O)c1ccn(C2CCCNC2)n1.Cl. The zero-order valence-corrected chi connectivity index (χ0v) is 16.0. The summed E-state index contributed by atoms with van der Waals surface area (Å²) in [5, 5.41) is 10.6. The summed E-state index contributed by atoms with van der Waals surface area (Å²) in [6.45, 7) is 7.85. The maximum Gasteiger partial charge on any atom is 0.271 e. The van der Waals surface area contributed by atoms with Gasteiger partial charge in [0.05, 0.1) is 6.04 Å². The van der Waals surface area contributed by atoms with Crippen molar-refractivity contribution in [2.24, 2.45) is 0 Å². The Hall–Kier alpha value is -1.60. The highest BCUT2D eigenvalue weighted by atomic mass is 35.5. The first-order chi connectivity index (χ1) is 11.7. The summed E-state index contributed by atoms with van der Waals surface area (Å²) in [4.78, 5) is 25.8. The van der Waals surface area contributed by atoms with E-state index in [1.54, 1.807) is 6.07 Å². The minimum absolute atomic E-state index is 0. The molecule has 0 radical (unpaired) electrons. The summed E-state index contributed by atoms with van der Waals surface area (Å²) in [6, 6.07) is 2.08. The van der Waals surface area contributed by atoms with Gasteiger partial charge in [0.25, 0.3) is 5.91 Å². The largest absolute Gasteiger partial charge is 0.351 e. The van der Waals surface area contributed by atoms with Gasteiger partial charge in [0.15, 0.2) is 0 Å². The molecule has 1 saturated heterocycles. The predicted octanol–water partition coefficient (Wildman–Crippen LogP) is 1.61. The van der Waals surface area contributed by atoms with Gasteiger partial charge in [0.2, 0.25) is 5.91 Å². The van der Waals surface area contributed by atoms with Crippen molar-refractivity contribution in [3.8, 4) is 0 Å². The van der Waals surface area contributed by atoms with Crippen molar-refractivity contribution in [2.75, 3.05) is 32.7 Å². The Morgan fingerprint density at radius 3 is 2.80 bits per heavy atom. The molecule has 1 atom stereocenters. The zero-order chi connectivity index (χ0) is 17.4. The van der Waals surface area contributed by atoms with Gasteiger partial charge in [0, 0.05) is 38.8 Å². The Morgan fingerprint density at radius 2 is 2.16 bits per heavy atom. The van der Waals surface area contributed by atoms with Gasteiger partial charge < -0.3 is 15.5 Å². The molecule has 8 heteroatoms. The summed E-state index contributed by atoms with van der Waals surface area (Å²) in [7, 11) is 0. The molecule has 2 heterocycles. The second-order valence-corrected chi connectivity index (χ2v) is 6.11. The van der Waals surface area contributed by atoms with Gasteiger partial charge >= 0.3 is 0 Å². The Morgan fingerprint density at radius 1 is 1.40 bits per heavy atom. The quantitative estimate of drug-likeness (QED) is 0.680. The van der Waals surface area contributed by atoms with Gasteiger partial charge in [-0.1, -0.05) is 0 Å². The van der Waals surface area contributed by atoms with Crippen LogP contribution in [-0.4, -0.2) is 59.2 Å². The molecule has 1 unspecified atom stereocenters. The summed E-state index contributed by atoms with van der Waals surface area (Å²) >= 11 is 0. The first-order valence-electron chi connectivity index (χ1n) is 8.97. The molecule has 2 N–H and O–H groups in total. The number of nitrogens with zero attached hydrogens (tertiary/aromatic N) is 3. The molecule has 25 heavy (non-hydrogen) atoms. The topological polar surface area (TPSA) is 79.3 Å². The molecular formula is C17H30ClN5O2. The van der Waals surface area contributed by atoms with Crippen LogP contribution in [0.5, 0.6) is 0 Å². The highest BCUT2D eigenvalue weighted by Gasteiger charge is 2.17. The number of halogens is 1. The molecule has 0 spiro atoms. The molecule has 2 rings (SSSR count). The fraction of sp³-hybridized carbons (Fsp3) is 0.706. The fourth-order valence-corrected chi connectivity index (χ4v) is 2.99. The number of carbonyl (C=O) groups excluding carboxylic acids is 2. The second kappa shape index (κ2) is 11.1. The van der Waals surface area contributed by atoms with E-state index in [-0.39, 0.29) is 24.2 Å². The van der Waals surface area contributed by atoms with E-state index in [1.165, 1.54) is 0 Å². The Balaban J connectivity index is 0.00000312. The van der Waals surface area contributed by atoms with Crippen LogP contribution in [0.25, 0.3) is 0 Å². The van der Waals surface area contributed by atoms with Crippen molar-refractivity contribution in [3.63, 3.8) is 0 Å². The number of carbonyl (C=O) groups is 2. The van der Waals surface area contributed by atoms with E-state index in [0.717, 1.165) is 39.0 Å². The van der Waals surface area contributed by atoms with Gasteiger partial charge in [-0.05, 0) is 45.7 Å². The number of hydrogen-bond acceptors (Lipinski definition) is 4. The average Bonchev–Trinajstić information content (AvgIpc) is 3.10. The summed E-state index contributed by atoms with van der Waals surface area (Å²) < 4.78 is 1.88. The molecule has 0 bridgehead atoms. The third-order valence-corrected chi connectivity index (χ3v) is 4.46. The van der Waals surface area contributed by atoms with Crippen molar-refractivity contribution in [1.82, 2.24) is 25.3 Å². The van der Waals surface area contributed by atoms with Crippen molar-refractivity contribution in [3.05, 3.63) is 18.0 Å². The molecule has 2 amide bonds. The summed E-state index contributed by atoms with van der Waals surface area (Å²) in [6.07, 6.45) is 5.20. The maximum absolute atomic E-state index is 12.1. The van der Waals surface area contributed by atoms with E-state index in [9.17, 15) is 9.59 Å². The molecule has 1 aliphatic rings. The van der Waals surface area contributed by atoms with Crippen molar-refractivity contribution in [2.45, 2.75) is 45.6 Å². The summed E-state index contributed by atoms with van der Waals surface area (Å²) in [5.41, 5.74) is 0.440. The van der Waals surface area contributed by atoms with E-state index in [4.69, 9.17) is 0 Å².